The van der Waals surface area contributed by atoms with Gasteiger partial charge in [0, 0.05) is 6.20 Å². The second kappa shape index (κ2) is 3.86. The summed E-state index contributed by atoms with van der Waals surface area (Å²) in [6, 6.07) is 3.21. The van der Waals surface area contributed by atoms with Crippen LogP contribution in [0, 0.1) is 0 Å². The quantitative estimate of drug-likeness (QED) is 0.818. The number of amides is 1. The number of hydrogen-bond donors (Lipinski definition) is 2. The van der Waals surface area contributed by atoms with Crippen LogP contribution in [-0.4, -0.2) is 27.5 Å². The van der Waals surface area contributed by atoms with Crippen LogP contribution in [0.1, 0.15) is 23.2 Å². The number of carbonyl (C=O) groups is 2. The SMILES string of the molecule is O=C(NC1(C(=O)O)CC1)c1cccnc1Br. The van der Waals surface area contributed by atoms with Crippen molar-refractivity contribution in [3.05, 3.63) is 28.5 Å². The van der Waals surface area contributed by atoms with E-state index < -0.39 is 17.4 Å². The second-order valence-corrected chi connectivity index (χ2v) is 4.43. The first kappa shape index (κ1) is 11.1. The third-order valence-corrected chi connectivity index (χ3v) is 3.15. The Balaban J connectivity index is 2.16. The molecular formula is C10H9BrN2O3. The molecule has 2 rings (SSSR count). The first-order valence-corrected chi connectivity index (χ1v) is 5.51. The van der Waals surface area contributed by atoms with Gasteiger partial charge in [0.15, 0.2) is 0 Å². The van der Waals surface area contributed by atoms with E-state index in [4.69, 9.17) is 5.11 Å². The van der Waals surface area contributed by atoms with Gasteiger partial charge in [-0.25, -0.2) is 9.78 Å². The van der Waals surface area contributed by atoms with Gasteiger partial charge in [-0.1, -0.05) is 0 Å². The van der Waals surface area contributed by atoms with Crippen LogP contribution in [0.25, 0.3) is 0 Å². The number of hydrogen-bond acceptors (Lipinski definition) is 3. The molecule has 1 amide bonds. The molecule has 1 saturated carbocycles. The van der Waals surface area contributed by atoms with Crippen LogP contribution in [0.3, 0.4) is 0 Å². The van der Waals surface area contributed by atoms with E-state index in [1.165, 1.54) is 0 Å². The van der Waals surface area contributed by atoms with Crippen LogP contribution in [0.15, 0.2) is 22.9 Å². The molecule has 2 N–H and O–H groups in total. The highest BCUT2D eigenvalue weighted by Crippen LogP contribution is 2.36. The largest absolute Gasteiger partial charge is 0.480 e. The van der Waals surface area contributed by atoms with Crippen LogP contribution in [0.2, 0.25) is 0 Å². The van der Waals surface area contributed by atoms with Crippen molar-refractivity contribution in [1.29, 1.82) is 0 Å². The Morgan fingerprint density at radius 1 is 1.50 bits per heavy atom. The third-order valence-electron chi connectivity index (χ3n) is 2.52. The minimum atomic E-state index is -1.06. The van der Waals surface area contributed by atoms with Crippen molar-refractivity contribution in [1.82, 2.24) is 10.3 Å². The summed E-state index contributed by atoms with van der Waals surface area (Å²) in [6.45, 7) is 0. The van der Waals surface area contributed by atoms with E-state index in [2.05, 4.69) is 26.2 Å². The number of carboxylic acids is 1. The van der Waals surface area contributed by atoms with E-state index in [9.17, 15) is 9.59 Å². The minimum Gasteiger partial charge on any atom is -0.480 e. The number of aromatic nitrogens is 1. The zero-order valence-electron chi connectivity index (χ0n) is 8.24. The molecule has 1 heterocycles. The Kier molecular flexibility index (Phi) is 2.67. The van der Waals surface area contributed by atoms with E-state index >= 15 is 0 Å². The zero-order chi connectivity index (χ0) is 11.8. The average Bonchev–Trinajstić information content (AvgIpc) is 2.99. The number of rotatable bonds is 3. The Bertz CT molecular complexity index is 457. The highest BCUT2D eigenvalue weighted by molar-refractivity contribution is 9.10. The predicted molar refractivity (Wildman–Crippen MR) is 59.0 cm³/mol. The first-order valence-electron chi connectivity index (χ1n) is 4.72. The molecule has 5 nitrogen and oxygen atoms in total. The van der Waals surface area contributed by atoms with Crippen molar-refractivity contribution in [3.63, 3.8) is 0 Å². The summed E-state index contributed by atoms with van der Waals surface area (Å²) in [4.78, 5) is 26.6. The van der Waals surface area contributed by atoms with Crippen molar-refractivity contribution in [2.45, 2.75) is 18.4 Å². The number of carbonyl (C=O) groups excluding carboxylic acids is 1. The second-order valence-electron chi connectivity index (χ2n) is 3.68. The predicted octanol–water partition coefficient (Wildman–Crippen LogP) is 1.19. The van der Waals surface area contributed by atoms with Gasteiger partial charge in [-0.05, 0) is 40.9 Å². The molecule has 1 fully saturated rings. The number of pyridine rings is 1. The van der Waals surface area contributed by atoms with Gasteiger partial charge in [0.2, 0.25) is 0 Å². The van der Waals surface area contributed by atoms with Gasteiger partial charge in [0.25, 0.3) is 5.91 Å². The molecule has 0 aromatic carbocycles. The van der Waals surface area contributed by atoms with Crippen LogP contribution in [-0.2, 0) is 4.79 Å². The molecule has 0 atom stereocenters. The van der Waals surface area contributed by atoms with Gasteiger partial charge in [-0.3, -0.25) is 4.79 Å². The smallest absolute Gasteiger partial charge is 0.329 e. The van der Waals surface area contributed by atoms with Gasteiger partial charge in [0.05, 0.1) is 5.56 Å². The third kappa shape index (κ3) is 1.92. The Hall–Kier alpha value is -1.43. The van der Waals surface area contributed by atoms with E-state index in [1.807, 2.05) is 0 Å². The zero-order valence-corrected chi connectivity index (χ0v) is 9.82. The lowest BCUT2D eigenvalue weighted by Gasteiger charge is -2.12. The monoisotopic (exact) mass is 284 g/mol. The van der Waals surface area contributed by atoms with E-state index in [-0.39, 0.29) is 0 Å². The lowest BCUT2D eigenvalue weighted by molar-refractivity contribution is -0.140. The van der Waals surface area contributed by atoms with Crippen molar-refractivity contribution in [2.24, 2.45) is 0 Å². The Morgan fingerprint density at radius 3 is 2.69 bits per heavy atom. The molecule has 0 radical (unpaired) electrons. The van der Waals surface area contributed by atoms with Gasteiger partial charge in [-0.15, -0.1) is 0 Å². The highest BCUT2D eigenvalue weighted by atomic mass is 79.9. The van der Waals surface area contributed by atoms with Gasteiger partial charge < -0.3 is 10.4 Å². The summed E-state index contributed by atoms with van der Waals surface area (Å²) >= 11 is 3.14. The molecular weight excluding hydrogens is 276 g/mol. The average molecular weight is 285 g/mol. The molecule has 0 saturated heterocycles. The van der Waals surface area contributed by atoms with Crippen molar-refractivity contribution in [2.75, 3.05) is 0 Å². The molecule has 0 unspecified atom stereocenters. The summed E-state index contributed by atoms with van der Waals surface area (Å²) in [5.74, 6) is -1.40. The van der Waals surface area contributed by atoms with Crippen LogP contribution < -0.4 is 5.32 Å². The fourth-order valence-corrected chi connectivity index (χ4v) is 1.79. The number of nitrogens with one attached hydrogen (secondary N) is 1. The molecule has 1 aromatic rings. The molecule has 0 bridgehead atoms. The van der Waals surface area contributed by atoms with E-state index in [1.54, 1.807) is 18.3 Å². The number of halogens is 1. The Labute approximate surface area is 100 Å². The molecule has 0 aliphatic heterocycles. The van der Waals surface area contributed by atoms with Gasteiger partial charge in [0.1, 0.15) is 10.1 Å². The van der Waals surface area contributed by atoms with Crippen LogP contribution in [0.4, 0.5) is 0 Å². The normalized spacial score (nSPS) is 16.6. The molecule has 1 aromatic heterocycles. The van der Waals surface area contributed by atoms with E-state index in [0.29, 0.717) is 23.0 Å². The van der Waals surface area contributed by atoms with Crippen molar-refractivity contribution >= 4 is 27.8 Å². The molecule has 6 heteroatoms. The summed E-state index contributed by atoms with van der Waals surface area (Å²) in [5, 5.41) is 11.4. The summed E-state index contributed by atoms with van der Waals surface area (Å²) < 4.78 is 0.411. The summed E-state index contributed by atoms with van der Waals surface area (Å²) in [5.41, 5.74) is -0.721. The summed E-state index contributed by atoms with van der Waals surface area (Å²) in [7, 11) is 0. The topological polar surface area (TPSA) is 79.3 Å². The first-order chi connectivity index (χ1) is 7.55. The van der Waals surface area contributed by atoms with Crippen LogP contribution in [0.5, 0.6) is 0 Å². The van der Waals surface area contributed by atoms with Crippen molar-refractivity contribution in [3.8, 4) is 0 Å². The lowest BCUT2D eigenvalue weighted by Crippen LogP contribution is -2.43. The maximum atomic E-state index is 11.8. The van der Waals surface area contributed by atoms with Crippen LogP contribution >= 0.6 is 15.9 Å². The van der Waals surface area contributed by atoms with Crippen molar-refractivity contribution < 1.29 is 14.7 Å². The maximum Gasteiger partial charge on any atom is 0.329 e. The summed E-state index contributed by atoms with van der Waals surface area (Å²) in [6.07, 6.45) is 2.50. The number of carboxylic acid groups (broad SMARTS) is 1. The lowest BCUT2D eigenvalue weighted by atomic mass is 10.2. The molecule has 1 aliphatic rings. The van der Waals surface area contributed by atoms with Gasteiger partial charge in [-0.2, -0.15) is 0 Å². The van der Waals surface area contributed by atoms with E-state index in [0.717, 1.165) is 0 Å². The fourth-order valence-electron chi connectivity index (χ4n) is 1.36. The standard InChI is InChI=1S/C10H9BrN2O3/c11-7-6(2-1-5-12-7)8(14)13-10(3-4-10)9(15)16/h1-2,5H,3-4H2,(H,13,14)(H,15,16). The molecule has 84 valence electrons. The number of aliphatic carboxylic acids is 1. The van der Waals surface area contributed by atoms with Gasteiger partial charge >= 0.3 is 5.97 Å². The molecule has 0 spiro atoms. The minimum absolute atomic E-state index is 0.343. The maximum absolute atomic E-state index is 11.8. The molecule has 1 aliphatic carbocycles. The molecule has 16 heavy (non-hydrogen) atoms. The highest BCUT2D eigenvalue weighted by Gasteiger charge is 2.51. The Morgan fingerprint density at radius 2 is 2.19 bits per heavy atom. The number of nitrogens with zero attached hydrogens (tertiary/aromatic N) is 1. The fraction of sp³-hybridized carbons (Fsp3) is 0.300.